The lowest BCUT2D eigenvalue weighted by atomic mass is 10.0. The summed E-state index contributed by atoms with van der Waals surface area (Å²) in [6, 6.07) is 7.71. The molecule has 0 radical (unpaired) electrons. The molecule has 2 unspecified atom stereocenters. The van der Waals surface area contributed by atoms with Gasteiger partial charge in [-0.1, -0.05) is 18.0 Å². The topological polar surface area (TPSA) is 41.6 Å². The Labute approximate surface area is 144 Å². The molecule has 5 heteroatoms. The molecule has 0 bridgehead atoms. The molecule has 1 aromatic rings. The zero-order chi connectivity index (χ0) is 16.7. The normalized spacial score (nSPS) is 20.0. The molecular formula is C18H27ClN2O2. The first kappa shape index (κ1) is 18.1. The van der Waals surface area contributed by atoms with E-state index in [2.05, 4.69) is 17.1 Å². The highest BCUT2D eigenvalue weighted by molar-refractivity contribution is 6.30. The number of hydrogen-bond donors (Lipinski definition) is 1. The van der Waals surface area contributed by atoms with Crippen LogP contribution in [0.4, 0.5) is 0 Å². The van der Waals surface area contributed by atoms with Crippen LogP contribution in [-0.4, -0.2) is 42.6 Å². The summed E-state index contributed by atoms with van der Waals surface area (Å²) >= 11 is 5.83. The van der Waals surface area contributed by atoms with Crippen molar-refractivity contribution in [3.8, 4) is 5.75 Å². The minimum Gasteiger partial charge on any atom is -0.481 e. The maximum absolute atomic E-state index is 12.1. The van der Waals surface area contributed by atoms with E-state index in [9.17, 15) is 4.79 Å². The van der Waals surface area contributed by atoms with E-state index in [0.29, 0.717) is 23.4 Å². The smallest absolute Gasteiger partial charge is 0.260 e. The van der Waals surface area contributed by atoms with E-state index < -0.39 is 6.10 Å². The third kappa shape index (κ3) is 6.04. The van der Waals surface area contributed by atoms with E-state index in [1.807, 2.05) is 0 Å². The van der Waals surface area contributed by atoms with Gasteiger partial charge in [0.05, 0.1) is 0 Å². The van der Waals surface area contributed by atoms with Crippen LogP contribution in [-0.2, 0) is 4.79 Å². The molecule has 1 heterocycles. The number of halogens is 1. The van der Waals surface area contributed by atoms with Gasteiger partial charge in [-0.05, 0) is 63.9 Å². The zero-order valence-corrected chi connectivity index (χ0v) is 14.8. The number of nitrogens with zero attached hydrogens (tertiary/aromatic N) is 1. The minimum atomic E-state index is -0.509. The van der Waals surface area contributed by atoms with Gasteiger partial charge in [-0.3, -0.25) is 4.79 Å². The van der Waals surface area contributed by atoms with Gasteiger partial charge < -0.3 is 15.0 Å². The molecule has 1 aliphatic rings. The number of nitrogens with one attached hydrogen (secondary N) is 1. The van der Waals surface area contributed by atoms with Crippen LogP contribution < -0.4 is 10.1 Å². The van der Waals surface area contributed by atoms with Crippen molar-refractivity contribution < 1.29 is 9.53 Å². The fraction of sp³-hybridized carbons (Fsp3) is 0.611. The van der Waals surface area contributed by atoms with E-state index in [4.69, 9.17) is 16.3 Å². The van der Waals surface area contributed by atoms with Gasteiger partial charge in [0.25, 0.3) is 5.91 Å². The number of ether oxygens (including phenoxy) is 1. The van der Waals surface area contributed by atoms with Crippen molar-refractivity contribution in [3.05, 3.63) is 29.3 Å². The fourth-order valence-corrected chi connectivity index (χ4v) is 3.02. The average molecular weight is 339 g/mol. The Kier molecular flexibility index (Phi) is 7.18. The summed E-state index contributed by atoms with van der Waals surface area (Å²) in [5, 5.41) is 3.61. The predicted molar refractivity (Wildman–Crippen MR) is 94.1 cm³/mol. The Morgan fingerprint density at radius 2 is 2.13 bits per heavy atom. The standard InChI is InChI=1S/C18H27ClN2O2/c1-14-6-3-4-12-21(14)13-5-11-20-18(22)15(2)23-17-9-7-16(19)8-10-17/h7-10,14-15H,3-6,11-13H2,1-2H3,(H,20,22). The third-order valence-electron chi connectivity index (χ3n) is 4.36. The highest BCUT2D eigenvalue weighted by Gasteiger charge is 2.18. The quantitative estimate of drug-likeness (QED) is 0.774. The molecular weight excluding hydrogens is 312 g/mol. The maximum Gasteiger partial charge on any atom is 0.260 e. The first-order valence-corrected chi connectivity index (χ1v) is 8.88. The van der Waals surface area contributed by atoms with Gasteiger partial charge in [-0.2, -0.15) is 0 Å². The summed E-state index contributed by atoms with van der Waals surface area (Å²) in [6.45, 7) is 6.98. The van der Waals surface area contributed by atoms with Crippen molar-refractivity contribution in [2.24, 2.45) is 0 Å². The summed E-state index contributed by atoms with van der Waals surface area (Å²) in [7, 11) is 0. The van der Waals surface area contributed by atoms with Gasteiger partial charge in [0, 0.05) is 24.2 Å². The third-order valence-corrected chi connectivity index (χ3v) is 4.61. The van der Waals surface area contributed by atoms with Crippen molar-refractivity contribution in [1.82, 2.24) is 10.2 Å². The second-order valence-corrected chi connectivity index (χ2v) is 6.68. The Balaban J connectivity index is 1.64. The summed E-state index contributed by atoms with van der Waals surface area (Å²) in [4.78, 5) is 14.6. The minimum absolute atomic E-state index is 0.0772. The highest BCUT2D eigenvalue weighted by Crippen LogP contribution is 2.17. The molecule has 4 nitrogen and oxygen atoms in total. The Morgan fingerprint density at radius 3 is 2.83 bits per heavy atom. The summed E-state index contributed by atoms with van der Waals surface area (Å²) in [5.41, 5.74) is 0. The van der Waals surface area contributed by atoms with Crippen molar-refractivity contribution in [2.75, 3.05) is 19.6 Å². The van der Waals surface area contributed by atoms with Crippen LogP contribution in [0.15, 0.2) is 24.3 Å². The molecule has 1 amide bonds. The molecule has 0 saturated carbocycles. The van der Waals surface area contributed by atoms with Crippen molar-refractivity contribution in [1.29, 1.82) is 0 Å². The Hall–Kier alpha value is -1.26. The molecule has 1 aliphatic heterocycles. The highest BCUT2D eigenvalue weighted by atomic mass is 35.5. The molecule has 0 aromatic heterocycles. The van der Waals surface area contributed by atoms with Gasteiger partial charge in [-0.25, -0.2) is 0 Å². The number of hydrogen-bond acceptors (Lipinski definition) is 3. The van der Waals surface area contributed by atoms with E-state index in [1.54, 1.807) is 31.2 Å². The van der Waals surface area contributed by atoms with Gasteiger partial charge in [0.15, 0.2) is 6.10 Å². The molecule has 2 rings (SSSR count). The van der Waals surface area contributed by atoms with E-state index in [0.717, 1.165) is 13.0 Å². The number of carbonyl (C=O) groups excluding carboxylic acids is 1. The van der Waals surface area contributed by atoms with Crippen LogP contribution in [0.5, 0.6) is 5.75 Å². The van der Waals surface area contributed by atoms with E-state index >= 15 is 0 Å². The average Bonchev–Trinajstić information content (AvgIpc) is 2.55. The summed E-state index contributed by atoms with van der Waals surface area (Å²) in [6.07, 6.45) is 4.39. The monoisotopic (exact) mass is 338 g/mol. The number of amides is 1. The van der Waals surface area contributed by atoms with Crippen LogP contribution in [0.3, 0.4) is 0 Å². The predicted octanol–water partition coefficient (Wildman–Crippen LogP) is 3.49. The van der Waals surface area contributed by atoms with Crippen LogP contribution in [0, 0.1) is 0 Å². The van der Waals surface area contributed by atoms with Crippen LogP contribution in [0.2, 0.25) is 5.02 Å². The number of carbonyl (C=O) groups is 1. The number of rotatable bonds is 7. The van der Waals surface area contributed by atoms with Gasteiger partial charge in [0.2, 0.25) is 0 Å². The number of benzene rings is 1. The van der Waals surface area contributed by atoms with Crippen molar-refractivity contribution >= 4 is 17.5 Å². The van der Waals surface area contributed by atoms with Gasteiger partial charge in [0.1, 0.15) is 5.75 Å². The Bertz CT molecular complexity index is 492. The Morgan fingerprint density at radius 1 is 1.39 bits per heavy atom. The van der Waals surface area contributed by atoms with E-state index in [-0.39, 0.29) is 5.91 Å². The molecule has 0 aliphatic carbocycles. The van der Waals surface area contributed by atoms with Crippen LogP contribution in [0.25, 0.3) is 0 Å². The molecule has 1 saturated heterocycles. The SMILES string of the molecule is CC(Oc1ccc(Cl)cc1)C(=O)NCCCN1CCCCC1C. The molecule has 1 N–H and O–H groups in total. The van der Waals surface area contributed by atoms with Crippen LogP contribution in [0.1, 0.15) is 39.5 Å². The lowest BCUT2D eigenvalue weighted by molar-refractivity contribution is -0.127. The lowest BCUT2D eigenvalue weighted by Crippen LogP contribution is -2.41. The number of likely N-dealkylation sites (tertiary alicyclic amines) is 1. The van der Waals surface area contributed by atoms with Crippen molar-refractivity contribution in [3.63, 3.8) is 0 Å². The molecule has 1 fully saturated rings. The second kappa shape index (κ2) is 9.14. The summed E-state index contributed by atoms with van der Waals surface area (Å²) < 4.78 is 5.61. The maximum atomic E-state index is 12.1. The van der Waals surface area contributed by atoms with Gasteiger partial charge in [-0.15, -0.1) is 0 Å². The largest absolute Gasteiger partial charge is 0.481 e. The first-order chi connectivity index (χ1) is 11.1. The number of piperidine rings is 1. The molecule has 128 valence electrons. The molecule has 1 aromatic carbocycles. The van der Waals surface area contributed by atoms with Gasteiger partial charge >= 0.3 is 0 Å². The lowest BCUT2D eigenvalue weighted by Gasteiger charge is -2.33. The second-order valence-electron chi connectivity index (χ2n) is 6.24. The first-order valence-electron chi connectivity index (χ1n) is 8.50. The van der Waals surface area contributed by atoms with E-state index in [1.165, 1.54) is 25.8 Å². The summed E-state index contributed by atoms with van der Waals surface area (Å²) in [5.74, 6) is 0.575. The molecule has 2 atom stereocenters. The fourth-order valence-electron chi connectivity index (χ4n) is 2.90. The van der Waals surface area contributed by atoms with Crippen LogP contribution >= 0.6 is 11.6 Å². The molecule has 23 heavy (non-hydrogen) atoms. The van der Waals surface area contributed by atoms with Crippen molar-refractivity contribution in [2.45, 2.75) is 51.7 Å². The zero-order valence-electron chi connectivity index (χ0n) is 14.1. The molecule has 0 spiro atoms.